The van der Waals surface area contributed by atoms with Gasteiger partial charge in [0.05, 0.1) is 5.35 Å². The molecule has 2 aliphatic rings. The summed E-state index contributed by atoms with van der Waals surface area (Å²) in [6.45, 7) is 8.35. The molecule has 3 rings (SSSR count). The first kappa shape index (κ1) is 18.8. The monoisotopic (exact) mass is 356 g/mol. The molecule has 26 heavy (non-hydrogen) atoms. The fourth-order valence-corrected chi connectivity index (χ4v) is 3.87. The van der Waals surface area contributed by atoms with Crippen molar-refractivity contribution >= 4 is 11.8 Å². The van der Waals surface area contributed by atoms with Crippen LogP contribution in [0.2, 0.25) is 0 Å². The van der Waals surface area contributed by atoms with Gasteiger partial charge in [-0.3, -0.25) is 0 Å². The van der Waals surface area contributed by atoms with E-state index in [9.17, 15) is 4.39 Å². The number of halogens is 1. The Hall–Kier alpha value is -2.01. The molecule has 0 saturated heterocycles. The lowest BCUT2D eigenvalue weighted by Crippen LogP contribution is -2.43. The standard InChI is InChI=1S/C21H29FN4/c1-4-17(8-9-23-5-2)26-19-11-15(20-14(3)6-7-18(20)22)10-16-12-24-13-25-21(16)19/h6-7,10,12-15,17,23,26H,4-5,8-9,11H2,1-3H3. The summed E-state index contributed by atoms with van der Waals surface area (Å²) in [5.74, 6) is 0.101. The van der Waals surface area contributed by atoms with Crippen molar-refractivity contribution in [1.82, 2.24) is 20.6 Å². The topological polar surface area (TPSA) is 49.8 Å². The maximum Gasteiger partial charge on any atom is 0.123 e. The fraction of sp³-hybridized carbons (Fsp3) is 0.524. The van der Waals surface area contributed by atoms with Crippen molar-refractivity contribution in [2.75, 3.05) is 13.1 Å². The number of allylic oxidation sites excluding steroid dienone is 4. The Morgan fingerprint density at radius 1 is 1.35 bits per heavy atom. The third kappa shape index (κ3) is 4.04. The first-order valence-electron chi connectivity index (χ1n) is 9.70. The summed E-state index contributed by atoms with van der Waals surface area (Å²) in [5, 5.41) is 9.04. The number of nitrogens with one attached hydrogen (secondary N) is 2. The third-order valence-electron chi connectivity index (χ3n) is 5.32. The molecule has 1 aromatic rings. The molecule has 2 N–H and O–H groups in total. The minimum atomic E-state index is -0.0856. The molecule has 1 aromatic heterocycles. The van der Waals surface area contributed by atoms with Crippen LogP contribution in [0.3, 0.4) is 0 Å². The molecular formula is C21H29FN4. The lowest BCUT2D eigenvalue weighted by Gasteiger charge is -2.27. The van der Waals surface area contributed by atoms with Gasteiger partial charge in [-0.1, -0.05) is 32.9 Å². The van der Waals surface area contributed by atoms with Gasteiger partial charge >= 0.3 is 0 Å². The van der Waals surface area contributed by atoms with Gasteiger partial charge in [-0.15, -0.1) is 0 Å². The Bertz CT molecular complexity index is 812. The predicted octanol–water partition coefficient (Wildman–Crippen LogP) is 2.18. The first-order chi connectivity index (χ1) is 12.6. The van der Waals surface area contributed by atoms with Gasteiger partial charge in [0, 0.05) is 29.1 Å². The molecule has 2 aliphatic carbocycles. The van der Waals surface area contributed by atoms with Crippen LogP contribution in [-0.2, 0) is 0 Å². The number of hydrogen-bond acceptors (Lipinski definition) is 4. The smallest absolute Gasteiger partial charge is 0.123 e. The summed E-state index contributed by atoms with van der Waals surface area (Å²) in [5.41, 5.74) is 1.98. The van der Waals surface area contributed by atoms with Gasteiger partial charge in [-0.25, -0.2) is 14.4 Å². The van der Waals surface area contributed by atoms with Crippen LogP contribution in [0.1, 0.15) is 40.0 Å². The van der Waals surface area contributed by atoms with Gasteiger partial charge in [0.15, 0.2) is 0 Å². The fourth-order valence-electron chi connectivity index (χ4n) is 3.87. The SMILES string of the molecule is CCNCCC(CC)NC1=c2ncncc2=CC(C2=C(F)C=CC2C)C1. The second-order valence-corrected chi connectivity index (χ2v) is 7.13. The Balaban J connectivity index is 1.89. The molecule has 0 radical (unpaired) electrons. The van der Waals surface area contributed by atoms with Crippen molar-refractivity contribution in [3.63, 3.8) is 0 Å². The van der Waals surface area contributed by atoms with Crippen LogP contribution in [0, 0.1) is 11.8 Å². The maximum atomic E-state index is 14.4. The molecule has 140 valence electrons. The number of aromatic nitrogens is 2. The summed E-state index contributed by atoms with van der Waals surface area (Å²) in [6.07, 6.45) is 11.9. The molecule has 1 heterocycles. The Labute approximate surface area is 155 Å². The summed E-state index contributed by atoms with van der Waals surface area (Å²) in [4.78, 5) is 8.67. The average molecular weight is 356 g/mol. The highest BCUT2D eigenvalue weighted by Gasteiger charge is 2.27. The van der Waals surface area contributed by atoms with E-state index in [-0.39, 0.29) is 17.7 Å². The van der Waals surface area contributed by atoms with Crippen LogP contribution < -0.4 is 21.2 Å². The van der Waals surface area contributed by atoms with E-state index in [0.717, 1.165) is 54.2 Å². The van der Waals surface area contributed by atoms with Gasteiger partial charge in [-0.05, 0) is 49.9 Å². The highest BCUT2D eigenvalue weighted by atomic mass is 19.1. The minimum absolute atomic E-state index is 0.0484. The van der Waals surface area contributed by atoms with Crippen molar-refractivity contribution in [3.8, 4) is 0 Å². The predicted molar refractivity (Wildman–Crippen MR) is 104 cm³/mol. The number of fused-ring (bicyclic) bond motifs is 1. The largest absolute Gasteiger partial charge is 0.384 e. The lowest BCUT2D eigenvalue weighted by molar-refractivity contribution is 0.499. The summed E-state index contributed by atoms with van der Waals surface area (Å²) in [6, 6.07) is 0.378. The van der Waals surface area contributed by atoms with Crippen molar-refractivity contribution in [1.29, 1.82) is 0 Å². The van der Waals surface area contributed by atoms with E-state index in [1.165, 1.54) is 0 Å². The molecule has 0 bridgehead atoms. The third-order valence-corrected chi connectivity index (χ3v) is 5.32. The van der Waals surface area contributed by atoms with E-state index in [1.807, 2.05) is 12.3 Å². The van der Waals surface area contributed by atoms with E-state index < -0.39 is 0 Å². The maximum absolute atomic E-state index is 14.4. The Kier molecular flexibility index (Phi) is 6.20. The molecule has 0 aliphatic heterocycles. The van der Waals surface area contributed by atoms with Gasteiger partial charge in [0.1, 0.15) is 12.2 Å². The Morgan fingerprint density at radius 2 is 2.19 bits per heavy atom. The van der Waals surface area contributed by atoms with Crippen LogP contribution in [-0.4, -0.2) is 29.1 Å². The van der Waals surface area contributed by atoms with Gasteiger partial charge in [-0.2, -0.15) is 0 Å². The zero-order valence-electron chi connectivity index (χ0n) is 15.9. The number of rotatable bonds is 8. The van der Waals surface area contributed by atoms with Crippen molar-refractivity contribution in [2.45, 2.75) is 46.1 Å². The summed E-state index contributed by atoms with van der Waals surface area (Å²) < 4.78 is 14.4. The Morgan fingerprint density at radius 3 is 2.88 bits per heavy atom. The zero-order valence-corrected chi connectivity index (χ0v) is 15.9. The molecule has 0 saturated carbocycles. The van der Waals surface area contributed by atoms with Crippen LogP contribution in [0.5, 0.6) is 0 Å². The van der Waals surface area contributed by atoms with Gasteiger partial charge < -0.3 is 10.6 Å². The van der Waals surface area contributed by atoms with Gasteiger partial charge in [0.25, 0.3) is 0 Å². The van der Waals surface area contributed by atoms with Crippen molar-refractivity contribution in [2.24, 2.45) is 11.8 Å². The molecule has 0 aromatic carbocycles. The van der Waals surface area contributed by atoms with E-state index >= 15 is 0 Å². The molecule has 4 nitrogen and oxygen atoms in total. The molecule has 0 amide bonds. The number of nitrogens with zero attached hydrogens (tertiary/aromatic N) is 2. The normalized spacial score (nSPS) is 23.0. The molecule has 5 heteroatoms. The van der Waals surface area contributed by atoms with E-state index in [4.69, 9.17) is 0 Å². The number of hydrogen-bond donors (Lipinski definition) is 2. The summed E-state index contributed by atoms with van der Waals surface area (Å²) >= 11 is 0. The van der Waals surface area contributed by atoms with Gasteiger partial charge in [0.2, 0.25) is 0 Å². The molecule has 3 unspecified atom stereocenters. The zero-order chi connectivity index (χ0) is 18.5. The highest BCUT2D eigenvalue weighted by Crippen LogP contribution is 2.36. The molecule has 3 atom stereocenters. The van der Waals surface area contributed by atoms with E-state index in [1.54, 1.807) is 12.4 Å². The van der Waals surface area contributed by atoms with Crippen LogP contribution in [0.4, 0.5) is 4.39 Å². The lowest BCUT2D eigenvalue weighted by atomic mass is 9.84. The molecule has 0 spiro atoms. The quantitative estimate of drug-likeness (QED) is 0.701. The second kappa shape index (κ2) is 8.58. The van der Waals surface area contributed by atoms with Crippen molar-refractivity contribution < 1.29 is 4.39 Å². The first-order valence-corrected chi connectivity index (χ1v) is 9.70. The molecular weight excluding hydrogens is 327 g/mol. The van der Waals surface area contributed by atoms with Crippen LogP contribution in [0.25, 0.3) is 11.8 Å². The van der Waals surface area contributed by atoms with Crippen LogP contribution >= 0.6 is 0 Å². The van der Waals surface area contributed by atoms with E-state index in [2.05, 4.69) is 47.4 Å². The van der Waals surface area contributed by atoms with E-state index in [0.29, 0.717) is 6.04 Å². The summed E-state index contributed by atoms with van der Waals surface area (Å²) in [7, 11) is 0. The second-order valence-electron chi connectivity index (χ2n) is 7.13. The molecule has 0 fully saturated rings. The van der Waals surface area contributed by atoms with Crippen LogP contribution in [0.15, 0.2) is 36.1 Å². The van der Waals surface area contributed by atoms with Crippen molar-refractivity contribution in [3.05, 3.63) is 46.6 Å². The minimum Gasteiger partial charge on any atom is -0.384 e. The average Bonchev–Trinajstić information content (AvgIpc) is 2.99. The highest BCUT2D eigenvalue weighted by molar-refractivity contribution is 5.54.